The van der Waals surface area contributed by atoms with E-state index in [2.05, 4.69) is 46.5 Å². The Morgan fingerprint density at radius 2 is 2.14 bits per heavy atom. The number of carbonyl (C=O) groups excluding carboxylic acids is 1. The highest BCUT2D eigenvalue weighted by molar-refractivity contribution is 5.84. The molecule has 21 heavy (non-hydrogen) atoms. The Bertz CT molecular complexity index is 632. The third-order valence-corrected chi connectivity index (χ3v) is 3.47. The van der Waals surface area contributed by atoms with E-state index in [1.165, 1.54) is 22.0 Å². The second-order valence-electron chi connectivity index (χ2n) is 5.52. The molecular weight excluding hydrogens is 266 g/mol. The summed E-state index contributed by atoms with van der Waals surface area (Å²) in [6.45, 7) is 4.55. The molecule has 2 amide bonds. The highest BCUT2D eigenvalue weighted by atomic mass is 16.3. The Morgan fingerprint density at radius 3 is 2.86 bits per heavy atom. The van der Waals surface area contributed by atoms with Crippen LogP contribution in [0.15, 0.2) is 24.4 Å². The van der Waals surface area contributed by atoms with Crippen LogP contribution in [0.3, 0.4) is 0 Å². The fraction of sp³-hybridized carbons (Fsp3) is 0.438. The first-order chi connectivity index (χ1) is 9.97. The van der Waals surface area contributed by atoms with Gasteiger partial charge in [-0.15, -0.1) is 0 Å². The number of aliphatic hydroxyl groups is 1. The van der Waals surface area contributed by atoms with Crippen molar-refractivity contribution >= 4 is 16.9 Å². The molecule has 0 bridgehead atoms. The molecule has 0 unspecified atom stereocenters. The maximum Gasteiger partial charge on any atom is 0.314 e. The third-order valence-electron chi connectivity index (χ3n) is 3.47. The molecule has 3 N–H and O–H groups in total. The van der Waals surface area contributed by atoms with Gasteiger partial charge in [-0.25, -0.2) is 4.79 Å². The molecule has 0 aliphatic rings. The number of aliphatic hydroxyl groups excluding tert-OH is 1. The largest absolute Gasteiger partial charge is 0.392 e. The van der Waals surface area contributed by atoms with E-state index in [9.17, 15) is 4.79 Å². The van der Waals surface area contributed by atoms with Crippen LogP contribution in [0.2, 0.25) is 0 Å². The van der Waals surface area contributed by atoms with Crippen molar-refractivity contribution in [3.63, 3.8) is 0 Å². The fourth-order valence-corrected chi connectivity index (χ4v) is 2.39. The number of carbonyl (C=O) groups is 1. The lowest BCUT2D eigenvalue weighted by Crippen LogP contribution is -2.39. The zero-order chi connectivity index (χ0) is 15.4. The first kappa shape index (κ1) is 15.4. The van der Waals surface area contributed by atoms with Gasteiger partial charge in [0, 0.05) is 37.2 Å². The monoisotopic (exact) mass is 289 g/mol. The molecule has 0 radical (unpaired) electrons. The number of nitrogens with one attached hydrogen (secondary N) is 2. The Hall–Kier alpha value is -2.01. The minimum Gasteiger partial charge on any atom is -0.392 e. The lowest BCUT2D eigenvalue weighted by molar-refractivity contribution is 0.187. The van der Waals surface area contributed by atoms with Crippen molar-refractivity contribution < 1.29 is 9.90 Å². The van der Waals surface area contributed by atoms with Gasteiger partial charge in [-0.3, -0.25) is 0 Å². The number of benzene rings is 1. The van der Waals surface area contributed by atoms with E-state index in [1.807, 2.05) is 7.05 Å². The average molecular weight is 289 g/mol. The van der Waals surface area contributed by atoms with Crippen molar-refractivity contribution in [2.75, 3.05) is 13.1 Å². The summed E-state index contributed by atoms with van der Waals surface area (Å²) >= 11 is 0. The standard InChI is InChI=1S/C16H23N3O2/c1-11-4-5-14-13(10-19(3)15(14)8-11)6-7-17-16(21)18-9-12(2)20/h4-5,8,10,12,20H,6-7,9H2,1-3H3,(H2,17,18,21)/t12-/m1/s1. The first-order valence-electron chi connectivity index (χ1n) is 7.21. The van der Waals surface area contributed by atoms with Crippen LogP contribution in [0.4, 0.5) is 4.79 Å². The van der Waals surface area contributed by atoms with Crippen molar-refractivity contribution in [3.8, 4) is 0 Å². The molecule has 0 aliphatic carbocycles. The molecule has 1 atom stereocenters. The molecule has 0 fully saturated rings. The summed E-state index contributed by atoms with van der Waals surface area (Å²) in [7, 11) is 2.04. The second-order valence-corrected chi connectivity index (χ2v) is 5.52. The molecule has 1 aromatic carbocycles. The van der Waals surface area contributed by atoms with Gasteiger partial charge in [-0.2, -0.15) is 0 Å². The highest BCUT2D eigenvalue weighted by Crippen LogP contribution is 2.22. The van der Waals surface area contributed by atoms with E-state index in [0.29, 0.717) is 6.54 Å². The second kappa shape index (κ2) is 6.63. The first-order valence-corrected chi connectivity index (χ1v) is 7.21. The van der Waals surface area contributed by atoms with Crippen molar-refractivity contribution in [1.29, 1.82) is 0 Å². The summed E-state index contributed by atoms with van der Waals surface area (Å²) in [5.41, 5.74) is 3.68. The summed E-state index contributed by atoms with van der Waals surface area (Å²) < 4.78 is 2.12. The zero-order valence-corrected chi connectivity index (χ0v) is 12.8. The van der Waals surface area contributed by atoms with Crippen LogP contribution < -0.4 is 10.6 Å². The number of hydrogen-bond donors (Lipinski definition) is 3. The van der Waals surface area contributed by atoms with Gasteiger partial charge in [0.05, 0.1) is 6.10 Å². The minimum atomic E-state index is -0.531. The molecule has 1 heterocycles. The number of amides is 2. The highest BCUT2D eigenvalue weighted by Gasteiger charge is 2.07. The quantitative estimate of drug-likeness (QED) is 0.784. The topological polar surface area (TPSA) is 66.3 Å². The molecule has 1 aromatic heterocycles. The molecular formula is C16H23N3O2. The van der Waals surface area contributed by atoms with Crippen LogP contribution in [-0.2, 0) is 13.5 Å². The number of rotatable bonds is 5. The Morgan fingerprint density at radius 1 is 1.38 bits per heavy atom. The number of aromatic nitrogens is 1. The van der Waals surface area contributed by atoms with E-state index in [0.717, 1.165) is 6.42 Å². The van der Waals surface area contributed by atoms with Crippen LogP contribution in [0.25, 0.3) is 10.9 Å². The molecule has 2 rings (SSSR count). The van der Waals surface area contributed by atoms with Gasteiger partial charge in [0.25, 0.3) is 0 Å². The van der Waals surface area contributed by atoms with E-state index >= 15 is 0 Å². The number of nitrogens with zero attached hydrogens (tertiary/aromatic N) is 1. The van der Waals surface area contributed by atoms with Gasteiger partial charge >= 0.3 is 6.03 Å². The number of urea groups is 1. The molecule has 0 saturated carbocycles. The lowest BCUT2D eigenvalue weighted by atomic mass is 10.1. The Labute approximate surface area is 125 Å². The Balaban J connectivity index is 1.93. The van der Waals surface area contributed by atoms with E-state index in [-0.39, 0.29) is 12.6 Å². The maximum atomic E-state index is 11.5. The average Bonchev–Trinajstić information content (AvgIpc) is 2.73. The predicted molar refractivity (Wildman–Crippen MR) is 84.4 cm³/mol. The lowest BCUT2D eigenvalue weighted by Gasteiger charge is -2.08. The van der Waals surface area contributed by atoms with Gasteiger partial charge in [-0.05, 0) is 37.5 Å². The van der Waals surface area contributed by atoms with E-state index in [1.54, 1.807) is 6.92 Å². The van der Waals surface area contributed by atoms with Gasteiger partial charge < -0.3 is 20.3 Å². The van der Waals surface area contributed by atoms with E-state index in [4.69, 9.17) is 5.11 Å². The Kier molecular flexibility index (Phi) is 4.85. The summed E-state index contributed by atoms with van der Waals surface area (Å²) in [5.74, 6) is 0. The van der Waals surface area contributed by atoms with Gasteiger partial charge in [0.1, 0.15) is 0 Å². The minimum absolute atomic E-state index is 0.244. The molecule has 2 aromatic rings. The summed E-state index contributed by atoms with van der Waals surface area (Å²) in [5, 5.41) is 15.7. The smallest absolute Gasteiger partial charge is 0.314 e. The zero-order valence-electron chi connectivity index (χ0n) is 12.8. The van der Waals surface area contributed by atoms with Crippen molar-refractivity contribution in [2.45, 2.75) is 26.4 Å². The fourth-order valence-electron chi connectivity index (χ4n) is 2.39. The van der Waals surface area contributed by atoms with Gasteiger partial charge in [0.2, 0.25) is 0 Å². The van der Waals surface area contributed by atoms with Crippen molar-refractivity contribution in [2.24, 2.45) is 7.05 Å². The van der Waals surface area contributed by atoms with Gasteiger partial charge in [-0.1, -0.05) is 12.1 Å². The normalized spacial score (nSPS) is 12.4. The van der Waals surface area contributed by atoms with Crippen molar-refractivity contribution in [3.05, 3.63) is 35.5 Å². The molecule has 0 saturated heterocycles. The van der Waals surface area contributed by atoms with Crippen LogP contribution in [0, 0.1) is 6.92 Å². The van der Waals surface area contributed by atoms with Crippen molar-refractivity contribution in [1.82, 2.24) is 15.2 Å². The number of aryl methyl sites for hydroxylation is 2. The summed E-state index contributed by atoms with van der Waals surface area (Å²) in [6.07, 6.45) is 2.36. The molecule has 114 valence electrons. The number of fused-ring (bicyclic) bond motifs is 1. The number of hydrogen-bond acceptors (Lipinski definition) is 2. The molecule has 0 aliphatic heterocycles. The van der Waals surface area contributed by atoms with Crippen LogP contribution >= 0.6 is 0 Å². The maximum absolute atomic E-state index is 11.5. The predicted octanol–water partition coefficient (Wildman–Crippen LogP) is 1.71. The van der Waals surface area contributed by atoms with Crippen LogP contribution in [0.5, 0.6) is 0 Å². The van der Waals surface area contributed by atoms with E-state index < -0.39 is 6.10 Å². The molecule has 0 spiro atoms. The van der Waals surface area contributed by atoms with Crippen LogP contribution in [0.1, 0.15) is 18.1 Å². The molecule has 5 nitrogen and oxygen atoms in total. The summed E-state index contributed by atoms with van der Waals surface area (Å²) in [4.78, 5) is 11.5. The summed E-state index contributed by atoms with van der Waals surface area (Å²) in [6, 6.07) is 6.16. The van der Waals surface area contributed by atoms with Crippen LogP contribution in [-0.4, -0.2) is 34.9 Å². The van der Waals surface area contributed by atoms with Gasteiger partial charge in [0.15, 0.2) is 0 Å². The third kappa shape index (κ3) is 3.98. The molecule has 5 heteroatoms. The SMILES string of the molecule is Cc1ccc2c(CCNC(=O)NC[C@@H](C)O)cn(C)c2c1.